The SMILES string of the molecule is CCCCCc1ccc(CO[C@H]2CC[C@H](Br)CC2)cc1. The predicted molar refractivity (Wildman–Crippen MR) is 89.4 cm³/mol. The van der Waals surface area contributed by atoms with E-state index in [4.69, 9.17) is 4.74 Å². The van der Waals surface area contributed by atoms with E-state index in [9.17, 15) is 0 Å². The molecule has 0 atom stereocenters. The summed E-state index contributed by atoms with van der Waals surface area (Å²) in [6.07, 6.45) is 10.5. The molecule has 1 aliphatic carbocycles. The molecule has 0 bridgehead atoms. The third-order valence-electron chi connectivity index (χ3n) is 4.18. The summed E-state index contributed by atoms with van der Waals surface area (Å²) in [6.45, 7) is 3.02. The van der Waals surface area contributed by atoms with Gasteiger partial charge in [0, 0.05) is 4.83 Å². The highest BCUT2D eigenvalue weighted by Gasteiger charge is 2.19. The normalized spacial score (nSPS) is 22.9. The van der Waals surface area contributed by atoms with E-state index in [0.717, 1.165) is 6.61 Å². The van der Waals surface area contributed by atoms with Crippen molar-refractivity contribution in [2.24, 2.45) is 0 Å². The van der Waals surface area contributed by atoms with E-state index in [1.807, 2.05) is 0 Å². The zero-order valence-electron chi connectivity index (χ0n) is 12.6. The summed E-state index contributed by atoms with van der Waals surface area (Å²) in [5.41, 5.74) is 2.77. The Labute approximate surface area is 132 Å². The number of benzene rings is 1. The fourth-order valence-electron chi connectivity index (χ4n) is 2.78. The number of alkyl halides is 1. The van der Waals surface area contributed by atoms with Crippen LogP contribution < -0.4 is 0 Å². The first-order chi connectivity index (χ1) is 9.78. The van der Waals surface area contributed by atoms with E-state index in [2.05, 4.69) is 47.1 Å². The Morgan fingerprint density at radius 1 is 1.00 bits per heavy atom. The van der Waals surface area contributed by atoms with Gasteiger partial charge in [-0.15, -0.1) is 0 Å². The molecule has 0 aromatic heterocycles. The molecule has 0 unspecified atom stereocenters. The maximum Gasteiger partial charge on any atom is 0.0720 e. The molecule has 1 aliphatic rings. The first-order valence-electron chi connectivity index (χ1n) is 8.11. The average Bonchev–Trinajstić information content (AvgIpc) is 2.48. The van der Waals surface area contributed by atoms with Crippen molar-refractivity contribution in [2.75, 3.05) is 0 Å². The van der Waals surface area contributed by atoms with Crippen molar-refractivity contribution in [3.63, 3.8) is 0 Å². The number of unbranched alkanes of at least 4 members (excludes halogenated alkanes) is 2. The summed E-state index contributed by atoms with van der Waals surface area (Å²) < 4.78 is 6.03. The molecule has 1 nitrogen and oxygen atoms in total. The highest BCUT2D eigenvalue weighted by Crippen LogP contribution is 2.26. The Morgan fingerprint density at radius 3 is 2.30 bits per heavy atom. The molecule has 1 saturated carbocycles. The summed E-state index contributed by atoms with van der Waals surface area (Å²) in [5, 5.41) is 0. The summed E-state index contributed by atoms with van der Waals surface area (Å²) in [4.78, 5) is 0.713. The number of hydrogen-bond donors (Lipinski definition) is 0. The molecular weight excluding hydrogens is 312 g/mol. The predicted octanol–water partition coefficient (Wildman–Crippen LogP) is 5.64. The van der Waals surface area contributed by atoms with Crippen LogP contribution in [0, 0.1) is 0 Å². The lowest BCUT2D eigenvalue weighted by Crippen LogP contribution is -2.21. The minimum absolute atomic E-state index is 0.466. The van der Waals surface area contributed by atoms with Crippen molar-refractivity contribution in [1.29, 1.82) is 0 Å². The molecule has 2 heteroatoms. The van der Waals surface area contributed by atoms with Crippen molar-refractivity contribution < 1.29 is 4.74 Å². The van der Waals surface area contributed by atoms with E-state index in [1.165, 1.54) is 62.5 Å². The lowest BCUT2D eigenvalue weighted by Gasteiger charge is -2.25. The smallest absolute Gasteiger partial charge is 0.0720 e. The largest absolute Gasteiger partial charge is 0.374 e. The Bertz CT molecular complexity index is 366. The maximum absolute atomic E-state index is 6.03. The van der Waals surface area contributed by atoms with Crippen LogP contribution in [0.4, 0.5) is 0 Å². The molecule has 0 N–H and O–H groups in total. The van der Waals surface area contributed by atoms with Crippen LogP contribution in [0.15, 0.2) is 24.3 Å². The van der Waals surface area contributed by atoms with E-state index < -0.39 is 0 Å². The molecule has 1 aromatic rings. The van der Waals surface area contributed by atoms with Gasteiger partial charge in [-0.2, -0.15) is 0 Å². The summed E-state index contributed by atoms with van der Waals surface area (Å²) >= 11 is 3.69. The van der Waals surface area contributed by atoms with Crippen LogP contribution in [0.3, 0.4) is 0 Å². The number of hydrogen-bond acceptors (Lipinski definition) is 1. The molecule has 0 saturated heterocycles. The van der Waals surface area contributed by atoms with E-state index in [1.54, 1.807) is 0 Å². The number of rotatable bonds is 7. The minimum atomic E-state index is 0.466. The zero-order chi connectivity index (χ0) is 14.2. The van der Waals surface area contributed by atoms with Gasteiger partial charge in [-0.05, 0) is 49.7 Å². The molecule has 112 valence electrons. The van der Waals surface area contributed by atoms with Crippen molar-refractivity contribution in [3.05, 3.63) is 35.4 Å². The van der Waals surface area contributed by atoms with Crippen LogP contribution in [-0.4, -0.2) is 10.9 Å². The lowest BCUT2D eigenvalue weighted by atomic mass is 9.97. The average molecular weight is 339 g/mol. The van der Waals surface area contributed by atoms with E-state index in [-0.39, 0.29) is 0 Å². The van der Waals surface area contributed by atoms with Crippen LogP contribution >= 0.6 is 15.9 Å². The standard InChI is InChI=1S/C18H27BrO/c1-2-3-4-5-15-6-8-16(9-7-15)14-20-18-12-10-17(19)11-13-18/h6-9,17-18H,2-5,10-14H2,1H3/t17-,18-. The molecule has 0 spiro atoms. The van der Waals surface area contributed by atoms with Crippen LogP contribution in [-0.2, 0) is 17.8 Å². The maximum atomic E-state index is 6.03. The fraction of sp³-hybridized carbons (Fsp3) is 0.667. The Hall–Kier alpha value is -0.340. The zero-order valence-corrected chi connectivity index (χ0v) is 14.2. The van der Waals surface area contributed by atoms with Crippen molar-refractivity contribution in [3.8, 4) is 0 Å². The second-order valence-electron chi connectivity index (χ2n) is 5.96. The summed E-state index contributed by atoms with van der Waals surface area (Å²) in [7, 11) is 0. The third-order valence-corrected chi connectivity index (χ3v) is 5.10. The summed E-state index contributed by atoms with van der Waals surface area (Å²) in [5.74, 6) is 0. The molecule has 0 radical (unpaired) electrons. The second kappa shape index (κ2) is 8.84. The molecular formula is C18H27BrO. The van der Waals surface area contributed by atoms with Gasteiger partial charge >= 0.3 is 0 Å². The van der Waals surface area contributed by atoms with Crippen LogP contribution in [0.1, 0.15) is 63.0 Å². The summed E-state index contributed by atoms with van der Waals surface area (Å²) in [6, 6.07) is 9.00. The van der Waals surface area contributed by atoms with Gasteiger partial charge in [-0.25, -0.2) is 0 Å². The number of halogens is 1. The van der Waals surface area contributed by atoms with Gasteiger partial charge < -0.3 is 4.74 Å². The Morgan fingerprint density at radius 2 is 1.65 bits per heavy atom. The van der Waals surface area contributed by atoms with Crippen molar-refractivity contribution >= 4 is 15.9 Å². The highest BCUT2D eigenvalue weighted by molar-refractivity contribution is 9.09. The quantitative estimate of drug-likeness (QED) is 0.461. The van der Waals surface area contributed by atoms with Gasteiger partial charge in [-0.3, -0.25) is 0 Å². The third kappa shape index (κ3) is 5.57. The van der Waals surface area contributed by atoms with E-state index in [0.29, 0.717) is 10.9 Å². The van der Waals surface area contributed by atoms with Gasteiger partial charge in [0.2, 0.25) is 0 Å². The van der Waals surface area contributed by atoms with Gasteiger partial charge in [-0.1, -0.05) is 60.0 Å². The molecule has 0 heterocycles. The fourth-order valence-corrected chi connectivity index (χ4v) is 3.31. The van der Waals surface area contributed by atoms with E-state index >= 15 is 0 Å². The van der Waals surface area contributed by atoms with Crippen LogP contribution in [0.5, 0.6) is 0 Å². The van der Waals surface area contributed by atoms with Crippen LogP contribution in [0.25, 0.3) is 0 Å². The van der Waals surface area contributed by atoms with Gasteiger partial charge in [0.1, 0.15) is 0 Å². The Kier molecular flexibility index (Phi) is 7.09. The lowest BCUT2D eigenvalue weighted by molar-refractivity contribution is 0.0182. The van der Waals surface area contributed by atoms with Crippen molar-refractivity contribution in [2.45, 2.75) is 75.8 Å². The number of aryl methyl sites for hydroxylation is 1. The molecule has 2 rings (SSSR count). The molecule has 0 amide bonds. The van der Waals surface area contributed by atoms with Gasteiger partial charge in [0.05, 0.1) is 12.7 Å². The van der Waals surface area contributed by atoms with Gasteiger partial charge in [0.25, 0.3) is 0 Å². The van der Waals surface area contributed by atoms with Crippen molar-refractivity contribution in [1.82, 2.24) is 0 Å². The molecule has 1 aromatic carbocycles. The van der Waals surface area contributed by atoms with Gasteiger partial charge in [0.15, 0.2) is 0 Å². The molecule has 1 fully saturated rings. The molecule has 0 aliphatic heterocycles. The first kappa shape index (κ1) is 16.0. The minimum Gasteiger partial charge on any atom is -0.374 e. The molecule has 20 heavy (non-hydrogen) atoms. The topological polar surface area (TPSA) is 9.23 Å². The first-order valence-corrected chi connectivity index (χ1v) is 9.03. The highest BCUT2D eigenvalue weighted by atomic mass is 79.9. The Balaban J connectivity index is 1.70. The monoisotopic (exact) mass is 338 g/mol. The second-order valence-corrected chi connectivity index (χ2v) is 7.25. The van der Waals surface area contributed by atoms with Crippen LogP contribution in [0.2, 0.25) is 0 Å². The number of ether oxygens (including phenoxy) is 1.